The van der Waals surface area contributed by atoms with E-state index in [1.165, 1.54) is 0 Å². The molecular weight excluding hydrogens is 324 g/mol. The quantitative estimate of drug-likeness (QED) is 0.870. The summed E-state index contributed by atoms with van der Waals surface area (Å²) in [5.41, 5.74) is 1.37. The molecule has 1 heterocycles. The zero-order chi connectivity index (χ0) is 14.7. The molecule has 5 nitrogen and oxygen atoms in total. The number of aromatic nitrogens is 2. The summed E-state index contributed by atoms with van der Waals surface area (Å²) in [5, 5.41) is 9.91. The summed E-state index contributed by atoms with van der Waals surface area (Å²) < 4.78 is 7.47. The maximum atomic E-state index is 11.5. The van der Waals surface area contributed by atoms with E-state index in [1.807, 2.05) is 23.8 Å². The predicted octanol–water partition coefficient (Wildman–Crippen LogP) is 2.54. The van der Waals surface area contributed by atoms with Crippen molar-refractivity contribution in [2.24, 2.45) is 0 Å². The largest absolute Gasteiger partial charge is 0.464 e. The summed E-state index contributed by atoms with van der Waals surface area (Å²) in [6.07, 6.45) is 2.28. The highest BCUT2D eigenvalue weighted by Gasteiger charge is 2.19. The SMILES string of the molecule is CCOC(=O)C(O)c1ccc(-n2ccnc2C)c(Br)c1. The second-order valence-electron chi connectivity index (χ2n) is 4.21. The van der Waals surface area contributed by atoms with E-state index in [0.717, 1.165) is 16.0 Å². The number of carbonyl (C=O) groups excluding carboxylic acids is 1. The molecule has 6 heteroatoms. The zero-order valence-corrected chi connectivity index (χ0v) is 12.8. The number of esters is 1. The van der Waals surface area contributed by atoms with Crippen LogP contribution >= 0.6 is 15.9 Å². The van der Waals surface area contributed by atoms with Crippen LogP contribution in [0.15, 0.2) is 35.1 Å². The lowest BCUT2D eigenvalue weighted by Gasteiger charge is -2.13. The molecule has 1 N–H and O–H groups in total. The maximum absolute atomic E-state index is 11.5. The van der Waals surface area contributed by atoms with Crippen molar-refractivity contribution in [3.8, 4) is 5.69 Å². The molecule has 2 aromatic rings. The number of hydrogen-bond acceptors (Lipinski definition) is 4. The molecule has 0 saturated carbocycles. The molecule has 1 unspecified atom stereocenters. The number of rotatable bonds is 4. The summed E-state index contributed by atoms with van der Waals surface area (Å²) in [4.78, 5) is 15.7. The van der Waals surface area contributed by atoms with Crippen LogP contribution in [-0.4, -0.2) is 27.2 Å². The van der Waals surface area contributed by atoms with Gasteiger partial charge in [-0.15, -0.1) is 0 Å². The highest BCUT2D eigenvalue weighted by molar-refractivity contribution is 9.10. The fourth-order valence-electron chi connectivity index (χ4n) is 1.88. The number of nitrogens with zero attached hydrogens (tertiary/aromatic N) is 2. The van der Waals surface area contributed by atoms with Gasteiger partial charge in [-0.2, -0.15) is 0 Å². The smallest absolute Gasteiger partial charge is 0.339 e. The van der Waals surface area contributed by atoms with Crippen LogP contribution in [0.1, 0.15) is 24.4 Å². The number of hydrogen-bond donors (Lipinski definition) is 1. The summed E-state index contributed by atoms with van der Waals surface area (Å²) in [7, 11) is 0. The fourth-order valence-corrected chi connectivity index (χ4v) is 2.47. The van der Waals surface area contributed by atoms with Gasteiger partial charge in [0, 0.05) is 16.9 Å². The Kier molecular flexibility index (Phi) is 4.57. The van der Waals surface area contributed by atoms with E-state index in [9.17, 15) is 9.90 Å². The predicted molar refractivity (Wildman–Crippen MR) is 77.6 cm³/mol. The molecule has 20 heavy (non-hydrogen) atoms. The van der Waals surface area contributed by atoms with Crippen molar-refractivity contribution in [3.05, 3.63) is 46.5 Å². The third-order valence-electron chi connectivity index (χ3n) is 2.88. The normalized spacial score (nSPS) is 12.2. The second-order valence-corrected chi connectivity index (χ2v) is 5.06. The minimum Gasteiger partial charge on any atom is -0.464 e. The summed E-state index contributed by atoms with van der Waals surface area (Å²) in [6, 6.07) is 5.22. The Balaban J connectivity index is 2.31. The number of halogens is 1. The van der Waals surface area contributed by atoms with Gasteiger partial charge >= 0.3 is 5.97 Å². The number of aliphatic hydroxyl groups excluding tert-OH is 1. The lowest BCUT2D eigenvalue weighted by molar-refractivity contribution is -0.153. The van der Waals surface area contributed by atoms with Gasteiger partial charge in [-0.1, -0.05) is 6.07 Å². The van der Waals surface area contributed by atoms with Gasteiger partial charge in [0.05, 0.1) is 12.3 Å². The van der Waals surface area contributed by atoms with Gasteiger partial charge < -0.3 is 14.4 Å². The van der Waals surface area contributed by atoms with E-state index in [0.29, 0.717) is 5.56 Å². The molecule has 0 bridgehead atoms. The molecule has 2 rings (SSSR count). The average molecular weight is 339 g/mol. The molecule has 1 atom stereocenters. The molecule has 0 fully saturated rings. The van der Waals surface area contributed by atoms with Crippen LogP contribution in [0.2, 0.25) is 0 Å². The minimum absolute atomic E-state index is 0.239. The van der Waals surface area contributed by atoms with Crippen molar-refractivity contribution in [3.63, 3.8) is 0 Å². The van der Waals surface area contributed by atoms with Crippen molar-refractivity contribution < 1.29 is 14.6 Å². The van der Waals surface area contributed by atoms with E-state index in [4.69, 9.17) is 4.74 Å². The third kappa shape index (κ3) is 2.91. The number of carbonyl (C=O) groups is 1. The molecule has 1 aromatic carbocycles. The van der Waals surface area contributed by atoms with Gasteiger partial charge in [0.25, 0.3) is 0 Å². The Morgan fingerprint density at radius 2 is 2.30 bits per heavy atom. The van der Waals surface area contributed by atoms with E-state index in [1.54, 1.807) is 25.3 Å². The minimum atomic E-state index is -1.27. The van der Waals surface area contributed by atoms with Gasteiger partial charge in [-0.3, -0.25) is 0 Å². The maximum Gasteiger partial charge on any atom is 0.339 e. The van der Waals surface area contributed by atoms with Crippen molar-refractivity contribution >= 4 is 21.9 Å². The van der Waals surface area contributed by atoms with Crippen LogP contribution in [0.5, 0.6) is 0 Å². The van der Waals surface area contributed by atoms with Crippen LogP contribution in [0.4, 0.5) is 0 Å². The Morgan fingerprint density at radius 3 is 2.85 bits per heavy atom. The molecule has 0 amide bonds. The van der Waals surface area contributed by atoms with E-state index >= 15 is 0 Å². The fraction of sp³-hybridized carbons (Fsp3) is 0.286. The standard InChI is InChI=1S/C14H15BrN2O3/c1-3-20-14(19)13(18)10-4-5-12(11(15)8-10)17-7-6-16-9(17)2/h4-8,13,18H,3H2,1-2H3. The lowest BCUT2D eigenvalue weighted by atomic mass is 10.1. The first kappa shape index (κ1) is 14.7. The molecule has 1 aromatic heterocycles. The van der Waals surface area contributed by atoms with Crippen molar-refractivity contribution in [2.75, 3.05) is 6.61 Å². The van der Waals surface area contributed by atoms with E-state index < -0.39 is 12.1 Å². The van der Waals surface area contributed by atoms with Crippen LogP contribution in [0.3, 0.4) is 0 Å². The lowest BCUT2D eigenvalue weighted by Crippen LogP contribution is -2.15. The molecule has 0 aliphatic heterocycles. The topological polar surface area (TPSA) is 64.3 Å². The van der Waals surface area contributed by atoms with Crippen LogP contribution < -0.4 is 0 Å². The highest BCUT2D eigenvalue weighted by atomic mass is 79.9. The van der Waals surface area contributed by atoms with Gasteiger partial charge in [0.1, 0.15) is 5.82 Å². The summed E-state index contributed by atoms with van der Waals surface area (Å²) in [5.74, 6) is 0.204. The van der Waals surface area contributed by atoms with Crippen LogP contribution in [-0.2, 0) is 9.53 Å². The number of aryl methyl sites for hydroxylation is 1. The monoisotopic (exact) mass is 338 g/mol. The molecule has 0 aliphatic rings. The molecular formula is C14H15BrN2O3. The zero-order valence-electron chi connectivity index (χ0n) is 11.2. The van der Waals surface area contributed by atoms with Crippen molar-refractivity contribution in [1.82, 2.24) is 9.55 Å². The van der Waals surface area contributed by atoms with Gasteiger partial charge in [-0.05, 0) is 47.5 Å². The van der Waals surface area contributed by atoms with Crippen molar-refractivity contribution in [2.45, 2.75) is 20.0 Å². The summed E-state index contributed by atoms with van der Waals surface area (Å²) in [6.45, 7) is 3.84. The first-order valence-electron chi connectivity index (χ1n) is 6.19. The first-order chi connectivity index (χ1) is 9.54. The van der Waals surface area contributed by atoms with Gasteiger partial charge in [-0.25, -0.2) is 9.78 Å². The molecule has 0 saturated heterocycles. The molecule has 0 radical (unpaired) electrons. The highest BCUT2D eigenvalue weighted by Crippen LogP contribution is 2.26. The number of aliphatic hydroxyl groups is 1. The van der Waals surface area contributed by atoms with E-state index in [2.05, 4.69) is 20.9 Å². The Labute approximate surface area is 125 Å². The van der Waals surface area contributed by atoms with Crippen molar-refractivity contribution in [1.29, 1.82) is 0 Å². The molecule has 0 aliphatic carbocycles. The Morgan fingerprint density at radius 1 is 1.55 bits per heavy atom. The average Bonchev–Trinajstić information content (AvgIpc) is 2.84. The van der Waals surface area contributed by atoms with Crippen LogP contribution in [0, 0.1) is 6.92 Å². The Hall–Kier alpha value is -1.66. The number of imidazole rings is 1. The second kappa shape index (κ2) is 6.19. The third-order valence-corrected chi connectivity index (χ3v) is 3.52. The summed E-state index contributed by atoms with van der Waals surface area (Å²) >= 11 is 3.45. The van der Waals surface area contributed by atoms with Crippen LogP contribution in [0.25, 0.3) is 5.69 Å². The number of benzene rings is 1. The van der Waals surface area contributed by atoms with E-state index in [-0.39, 0.29) is 6.61 Å². The molecule has 106 valence electrons. The Bertz CT molecular complexity index is 625. The van der Waals surface area contributed by atoms with Gasteiger partial charge in [0.2, 0.25) is 0 Å². The first-order valence-corrected chi connectivity index (χ1v) is 6.98. The molecule has 0 spiro atoms. The van der Waals surface area contributed by atoms with Gasteiger partial charge in [0.15, 0.2) is 6.10 Å². The number of ether oxygens (including phenoxy) is 1.